The lowest BCUT2D eigenvalue weighted by molar-refractivity contribution is -0.126. The van der Waals surface area contributed by atoms with E-state index in [2.05, 4.69) is 5.32 Å². The van der Waals surface area contributed by atoms with Gasteiger partial charge >= 0.3 is 0 Å². The summed E-state index contributed by atoms with van der Waals surface area (Å²) < 4.78 is 0. The Bertz CT molecular complexity index is 401. The van der Waals surface area contributed by atoms with Crippen molar-refractivity contribution in [2.45, 2.75) is 38.9 Å². The van der Waals surface area contributed by atoms with Crippen LogP contribution in [0.15, 0.2) is 30.3 Å². The van der Waals surface area contributed by atoms with Crippen LogP contribution in [0, 0.1) is 5.92 Å². The van der Waals surface area contributed by atoms with E-state index in [1.807, 2.05) is 32.0 Å². The summed E-state index contributed by atoms with van der Waals surface area (Å²) in [5, 5.41) is 22.6. The maximum Gasteiger partial charge on any atom is 0.223 e. The molecule has 4 nitrogen and oxygen atoms in total. The molecule has 0 aliphatic rings. The fourth-order valence-electron chi connectivity index (χ4n) is 1.73. The van der Waals surface area contributed by atoms with E-state index in [1.165, 1.54) is 0 Å². The van der Waals surface area contributed by atoms with Crippen molar-refractivity contribution in [1.29, 1.82) is 0 Å². The summed E-state index contributed by atoms with van der Waals surface area (Å²) in [4.78, 5) is 11.8. The van der Waals surface area contributed by atoms with Crippen molar-refractivity contribution in [2.75, 3.05) is 6.54 Å². The summed E-state index contributed by atoms with van der Waals surface area (Å²) in [6.45, 7) is 5.59. The Morgan fingerprint density at radius 2 is 1.89 bits per heavy atom. The minimum absolute atomic E-state index is 0.0260. The normalized spacial score (nSPS) is 15.9. The van der Waals surface area contributed by atoms with Gasteiger partial charge in [-0.3, -0.25) is 4.79 Å². The number of aliphatic hydroxyl groups is 2. The van der Waals surface area contributed by atoms with Crippen LogP contribution in [-0.4, -0.2) is 28.8 Å². The molecule has 3 N–H and O–H groups in total. The second-order valence-electron chi connectivity index (χ2n) is 5.43. The lowest BCUT2D eigenvalue weighted by Gasteiger charge is -2.24. The molecule has 0 aliphatic carbocycles. The standard InChI is InChI=1S/C15H23NO3/c1-11(2)13(17)10-16-14(18)9-15(3,19)12-7-5-4-6-8-12/h4-8,11,13,17,19H,9-10H2,1-3H3,(H,16,18). The Morgan fingerprint density at radius 1 is 1.32 bits per heavy atom. The third kappa shape index (κ3) is 5.01. The van der Waals surface area contributed by atoms with Crippen LogP contribution in [-0.2, 0) is 10.4 Å². The topological polar surface area (TPSA) is 69.6 Å². The molecule has 19 heavy (non-hydrogen) atoms. The predicted octanol–water partition coefficient (Wildman–Crippen LogP) is 1.42. The summed E-state index contributed by atoms with van der Waals surface area (Å²) >= 11 is 0. The molecule has 1 amide bonds. The SMILES string of the molecule is CC(C)C(O)CNC(=O)CC(C)(O)c1ccccc1. The highest BCUT2D eigenvalue weighted by Gasteiger charge is 2.26. The van der Waals surface area contributed by atoms with Crippen molar-refractivity contribution in [1.82, 2.24) is 5.32 Å². The lowest BCUT2D eigenvalue weighted by Crippen LogP contribution is -2.38. The van der Waals surface area contributed by atoms with Crippen molar-refractivity contribution in [3.63, 3.8) is 0 Å². The van der Waals surface area contributed by atoms with E-state index in [0.717, 1.165) is 0 Å². The molecule has 4 heteroatoms. The zero-order valence-electron chi connectivity index (χ0n) is 11.8. The average Bonchev–Trinajstić information content (AvgIpc) is 2.36. The first-order valence-corrected chi connectivity index (χ1v) is 6.55. The highest BCUT2D eigenvalue weighted by molar-refractivity contribution is 5.77. The lowest BCUT2D eigenvalue weighted by atomic mass is 9.92. The third-order valence-corrected chi connectivity index (χ3v) is 3.18. The molecule has 1 aromatic rings. The molecule has 1 rings (SSSR count). The van der Waals surface area contributed by atoms with Crippen molar-refractivity contribution < 1.29 is 15.0 Å². The van der Waals surface area contributed by atoms with Crippen LogP contribution in [0.1, 0.15) is 32.8 Å². The van der Waals surface area contributed by atoms with E-state index in [1.54, 1.807) is 19.1 Å². The number of aliphatic hydroxyl groups excluding tert-OH is 1. The molecule has 0 saturated carbocycles. The molecule has 2 atom stereocenters. The highest BCUT2D eigenvalue weighted by atomic mass is 16.3. The molecule has 0 radical (unpaired) electrons. The van der Waals surface area contributed by atoms with Gasteiger partial charge < -0.3 is 15.5 Å². The van der Waals surface area contributed by atoms with E-state index < -0.39 is 11.7 Å². The van der Waals surface area contributed by atoms with Crippen LogP contribution in [0.25, 0.3) is 0 Å². The Hall–Kier alpha value is -1.39. The summed E-state index contributed by atoms with van der Waals surface area (Å²) in [7, 11) is 0. The average molecular weight is 265 g/mol. The molecular formula is C15H23NO3. The van der Waals surface area contributed by atoms with Gasteiger partial charge in [0.25, 0.3) is 0 Å². The quantitative estimate of drug-likeness (QED) is 0.728. The third-order valence-electron chi connectivity index (χ3n) is 3.18. The number of amides is 1. The molecule has 0 aliphatic heterocycles. The van der Waals surface area contributed by atoms with Gasteiger partial charge in [0.2, 0.25) is 5.91 Å². The second-order valence-corrected chi connectivity index (χ2v) is 5.43. The smallest absolute Gasteiger partial charge is 0.223 e. The second kappa shape index (κ2) is 6.68. The Balaban J connectivity index is 2.52. The summed E-state index contributed by atoms with van der Waals surface area (Å²) in [6.07, 6.45) is -0.590. The highest BCUT2D eigenvalue weighted by Crippen LogP contribution is 2.23. The summed E-state index contributed by atoms with van der Waals surface area (Å²) in [5.74, 6) is -0.177. The van der Waals surface area contributed by atoms with Crippen LogP contribution >= 0.6 is 0 Å². The molecule has 1 aromatic carbocycles. The molecule has 0 bridgehead atoms. The van der Waals surface area contributed by atoms with Gasteiger partial charge in [0.15, 0.2) is 0 Å². The largest absolute Gasteiger partial charge is 0.391 e. The van der Waals surface area contributed by atoms with Crippen molar-refractivity contribution >= 4 is 5.91 Å². The summed E-state index contributed by atoms with van der Waals surface area (Å²) in [5.41, 5.74) is -0.497. The van der Waals surface area contributed by atoms with Gasteiger partial charge in [-0.05, 0) is 18.4 Å². The van der Waals surface area contributed by atoms with Crippen LogP contribution in [0.3, 0.4) is 0 Å². The van der Waals surface area contributed by atoms with Crippen LogP contribution in [0.4, 0.5) is 0 Å². The number of carbonyl (C=O) groups is 1. The first-order valence-electron chi connectivity index (χ1n) is 6.55. The molecule has 0 heterocycles. The first kappa shape index (κ1) is 15.7. The zero-order chi connectivity index (χ0) is 14.5. The van der Waals surface area contributed by atoms with Gasteiger partial charge in [0, 0.05) is 6.54 Å². The Kier molecular flexibility index (Phi) is 5.51. The molecule has 0 aromatic heterocycles. The Morgan fingerprint density at radius 3 is 2.42 bits per heavy atom. The molecule has 0 saturated heterocycles. The number of rotatable bonds is 6. The molecule has 0 spiro atoms. The minimum Gasteiger partial charge on any atom is -0.391 e. The molecule has 0 fully saturated rings. The van der Waals surface area contributed by atoms with Crippen molar-refractivity contribution in [3.8, 4) is 0 Å². The maximum absolute atomic E-state index is 11.8. The summed E-state index contributed by atoms with van der Waals surface area (Å²) in [6, 6.07) is 9.08. The number of benzene rings is 1. The fraction of sp³-hybridized carbons (Fsp3) is 0.533. The van der Waals surface area contributed by atoms with Crippen LogP contribution in [0.2, 0.25) is 0 Å². The van der Waals surface area contributed by atoms with Gasteiger partial charge in [0.05, 0.1) is 18.1 Å². The number of nitrogens with one attached hydrogen (secondary N) is 1. The van der Waals surface area contributed by atoms with Crippen LogP contribution in [0.5, 0.6) is 0 Å². The van der Waals surface area contributed by atoms with E-state index in [-0.39, 0.29) is 24.8 Å². The van der Waals surface area contributed by atoms with E-state index >= 15 is 0 Å². The molecule has 106 valence electrons. The monoisotopic (exact) mass is 265 g/mol. The van der Waals surface area contributed by atoms with E-state index in [0.29, 0.717) is 5.56 Å². The van der Waals surface area contributed by atoms with Crippen molar-refractivity contribution in [3.05, 3.63) is 35.9 Å². The molecule has 2 unspecified atom stereocenters. The van der Waals surface area contributed by atoms with E-state index in [9.17, 15) is 15.0 Å². The van der Waals surface area contributed by atoms with Crippen LogP contribution < -0.4 is 5.32 Å². The number of carbonyl (C=O) groups excluding carboxylic acids is 1. The maximum atomic E-state index is 11.8. The van der Waals surface area contributed by atoms with Crippen molar-refractivity contribution in [2.24, 2.45) is 5.92 Å². The van der Waals surface area contributed by atoms with Gasteiger partial charge in [-0.1, -0.05) is 44.2 Å². The Labute approximate surface area is 114 Å². The first-order chi connectivity index (χ1) is 8.83. The minimum atomic E-state index is -1.20. The molecular weight excluding hydrogens is 242 g/mol. The van der Waals surface area contributed by atoms with Gasteiger partial charge in [-0.25, -0.2) is 0 Å². The van der Waals surface area contributed by atoms with Gasteiger partial charge in [0.1, 0.15) is 0 Å². The predicted molar refractivity (Wildman–Crippen MR) is 74.5 cm³/mol. The number of hydrogen-bond donors (Lipinski definition) is 3. The van der Waals surface area contributed by atoms with E-state index in [4.69, 9.17) is 0 Å². The van der Waals surface area contributed by atoms with Gasteiger partial charge in [-0.15, -0.1) is 0 Å². The van der Waals surface area contributed by atoms with Gasteiger partial charge in [-0.2, -0.15) is 0 Å². The number of hydrogen-bond acceptors (Lipinski definition) is 3. The fourth-order valence-corrected chi connectivity index (χ4v) is 1.73. The zero-order valence-corrected chi connectivity index (χ0v) is 11.8.